The maximum atomic E-state index is 3.80. The molecule has 0 aromatic carbocycles. The lowest BCUT2D eigenvalue weighted by atomic mass is 9.67. The number of hydrogen-bond acceptors (Lipinski definition) is 2. The number of piperidine rings is 1. The standard InChI is InChI=1S/C17H34N2/c1-5-18-16-15(10-8-11-17(16,3)4)13-19-12-7-6-9-14(19)2/h14-16,18H,5-13H2,1-4H3. The molecule has 2 aliphatic rings. The minimum Gasteiger partial charge on any atom is -0.313 e. The summed E-state index contributed by atoms with van der Waals surface area (Å²) in [4.78, 5) is 2.76. The van der Waals surface area contributed by atoms with Gasteiger partial charge in [-0.15, -0.1) is 0 Å². The summed E-state index contributed by atoms with van der Waals surface area (Å²) in [6.45, 7) is 13.4. The Hall–Kier alpha value is -0.0800. The zero-order chi connectivity index (χ0) is 13.9. The first-order valence-corrected chi connectivity index (χ1v) is 8.52. The van der Waals surface area contributed by atoms with Crippen LogP contribution in [0.25, 0.3) is 0 Å². The van der Waals surface area contributed by atoms with Gasteiger partial charge in [0.25, 0.3) is 0 Å². The van der Waals surface area contributed by atoms with Crippen LogP contribution in [0.1, 0.15) is 66.2 Å². The molecule has 112 valence electrons. The first kappa shape index (κ1) is 15.3. The van der Waals surface area contributed by atoms with E-state index in [0.29, 0.717) is 11.5 Å². The highest BCUT2D eigenvalue weighted by molar-refractivity contribution is 4.95. The largest absolute Gasteiger partial charge is 0.313 e. The van der Waals surface area contributed by atoms with Crippen LogP contribution in [0.15, 0.2) is 0 Å². The second-order valence-corrected chi connectivity index (χ2v) is 7.52. The fraction of sp³-hybridized carbons (Fsp3) is 1.00. The molecule has 1 N–H and O–H groups in total. The average Bonchev–Trinajstić information content (AvgIpc) is 2.36. The van der Waals surface area contributed by atoms with Crippen LogP contribution < -0.4 is 5.32 Å². The first-order valence-electron chi connectivity index (χ1n) is 8.52. The monoisotopic (exact) mass is 266 g/mol. The Balaban J connectivity index is 1.99. The Labute approximate surface area is 120 Å². The lowest BCUT2D eigenvalue weighted by Crippen LogP contribution is -2.54. The van der Waals surface area contributed by atoms with Gasteiger partial charge >= 0.3 is 0 Å². The third kappa shape index (κ3) is 3.72. The quantitative estimate of drug-likeness (QED) is 0.835. The van der Waals surface area contributed by atoms with Gasteiger partial charge in [-0.25, -0.2) is 0 Å². The molecule has 1 saturated heterocycles. The van der Waals surface area contributed by atoms with Crippen LogP contribution >= 0.6 is 0 Å². The average molecular weight is 266 g/mol. The summed E-state index contributed by atoms with van der Waals surface area (Å²) < 4.78 is 0. The summed E-state index contributed by atoms with van der Waals surface area (Å²) in [7, 11) is 0. The van der Waals surface area contributed by atoms with Crippen molar-refractivity contribution in [2.24, 2.45) is 11.3 Å². The van der Waals surface area contributed by atoms with Gasteiger partial charge in [-0.1, -0.05) is 33.6 Å². The van der Waals surface area contributed by atoms with Crippen LogP contribution in [0.5, 0.6) is 0 Å². The van der Waals surface area contributed by atoms with Gasteiger partial charge in [-0.3, -0.25) is 0 Å². The van der Waals surface area contributed by atoms with Crippen molar-refractivity contribution in [3.8, 4) is 0 Å². The van der Waals surface area contributed by atoms with E-state index >= 15 is 0 Å². The van der Waals surface area contributed by atoms with Crippen molar-refractivity contribution < 1.29 is 0 Å². The first-order chi connectivity index (χ1) is 9.04. The summed E-state index contributed by atoms with van der Waals surface area (Å²) >= 11 is 0. The van der Waals surface area contributed by atoms with E-state index in [0.717, 1.165) is 18.5 Å². The van der Waals surface area contributed by atoms with Gasteiger partial charge in [-0.05, 0) is 57.0 Å². The molecule has 3 atom stereocenters. The van der Waals surface area contributed by atoms with Crippen LogP contribution in [0, 0.1) is 11.3 Å². The summed E-state index contributed by atoms with van der Waals surface area (Å²) in [6, 6.07) is 1.52. The third-order valence-corrected chi connectivity index (χ3v) is 5.54. The van der Waals surface area contributed by atoms with E-state index in [-0.39, 0.29) is 0 Å². The highest BCUT2D eigenvalue weighted by Crippen LogP contribution is 2.39. The molecular weight excluding hydrogens is 232 g/mol. The summed E-state index contributed by atoms with van der Waals surface area (Å²) in [5.74, 6) is 0.851. The van der Waals surface area contributed by atoms with Crippen molar-refractivity contribution >= 4 is 0 Å². The second kappa shape index (κ2) is 6.58. The van der Waals surface area contributed by atoms with Gasteiger partial charge in [-0.2, -0.15) is 0 Å². The second-order valence-electron chi connectivity index (χ2n) is 7.52. The lowest BCUT2D eigenvalue weighted by Gasteiger charge is -2.47. The number of likely N-dealkylation sites (tertiary alicyclic amines) is 1. The highest BCUT2D eigenvalue weighted by atomic mass is 15.2. The smallest absolute Gasteiger partial charge is 0.0159 e. The molecule has 1 aliphatic heterocycles. The van der Waals surface area contributed by atoms with Gasteiger partial charge in [0.1, 0.15) is 0 Å². The molecule has 2 nitrogen and oxygen atoms in total. The fourth-order valence-electron chi connectivity index (χ4n) is 4.37. The number of hydrogen-bond donors (Lipinski definition) is 1. The molecule has 0 radical (unpaired) electrons. The third-order valence-electron chi connectivity index (χ3n) is 5.54. The minimum absolute atomic E-state index is 0.470. The molecule has 2 heteroatoms. The van der Waals surface area contributed by atoms with Gasteiger partial charge in [0.05, 0.1) is 0 Å². The van der Waals surface area contributed by atoms with Crippen molar-refractivity contribution in [1.82, 2.24) is 10.2 Å². The predicted molar refractivity (Wildman–Crippen MR) is 83.5 cm³/mol. The molecule has 1 saturated carbocycles. The van der Waals surface area contributed by atoms with Crippen molar-refractivity contribution in [1.29, 1.82) is 0 Å². The number of nitrogens with one attached hydrogen (secondary N) is 1. The highest BCUT2D eigenvalue weighted by Gasteiger charge is 2.39. The van der Waals surface area contributed by atoms with Crippen LogP contribution in [0.3, 0.4) is 0 Å². The van der Waals surface area contributed by atoms with Crippen molar-refractivity contribution in [3.05, 3.63) is 0 Å². The summed E-state index contributed by atoms with van der Waals surface area (Å²) in [6.07, 6.45) is 8.47. The van der Waals surface area contributed by atoms with Gasteiger partial charge in [0.2, 0.25) is 0 Å². The molecule has 1 aliphatic carbocycles. The lowest BCUT2D eigenvalue weighted by molar-refractivity contribution is 0.0570. The van der Waals surface area contributed by atoms with E-state index in [4.69, 9.17) is 0 Å². The molecule has 19 heavy (non-hydrogen) atoms. The maximum absolute atomic E-state index is 3.80. The SMILES string of the molecule is CCNC1C(CN2CCCCC2C)CCCC1(C)C. The van der Waals surface area contributed by atoms with E-state index in [9.17, 15) is 0 Å². The van der Waals surface area contributed by atoms with Gasteiger partial charge < -0.3 is 10.2 Å². The summed E-state index contributed by atoms with van der Waals surface area (Å²) in [5, 5.41) is 3.80. The fourth-order valence-corrected chi connectivity index (χ4v) is 4.37. The molecule has 0 aromatic rings. The van der Waals surface area contributed by atoms with Crippen molar-refractivity contribution in [2.45, 2.75) is 78.3 Å². The molecule has 2 rings (SSSR count). The van der Waals surface area contributed by atoms with E-state index < -0.39 is 0 Å². The Morgan fingerprint density at radius 2 is 1.95 bits per heavy atom. The topological polar surface area (TPSA) is 15.3 Å². The molecule has 2 fully saturated rings. The van der Waals surface area contributed by atoms with Gasteiger partial charge in [0.15, 0.2) is 0 Å². The predicted octanol–water partition coefficient (Wildman–Crippen LogP) is 3.67. The van der Waals surface area contributed by atoms with Crippen molar-refractivity contribution in [2.75, 3.05) is 19.6 Å². The van der Waals surface area contributed by atoms with Crippen molar-refractivity contribution in [3.63, 3.8) is 0 Å². The molecular formula is C17H34N2. The Kier molecular flexibility index (Phi) is 5.30. The minimum atomic E-state index is 0.470. The van der Waals surface area contributed by atoms with Gasteiger partial charge in [0, 0.05) is 18.6 Å². The summed E-state index contributed by atoms with van der Waals surface area (Å²) in [5.41, 5.74) is 0.470. The zero-order valence-corrected chi connectivity index (χ0v) is 13.5. The van der Waals surface area contributed by atoms with E-state index in [1.807, 2.05) is 0 Å². The van der Waals surface area contributed by atoms with E-state index in [2.05, 4.69) is 37.9 Å². The molecule has 0 amide bonds. The molecule has 0 aromatic heterocycles. The Morgan fingerprint density at radius 3 is 2.63 bits per heavy atom. The Bertz CT molecular complexity index is 274. The molecule has 0 spiro atoms. The zero-order valence-electron chi connectivity index (χ0n) is 13.5. The molecule has 1 heterocycles. The Morgan fingerprint density at radius 1 is 1.16 bits per heavy atom. The normalized spacial score (nSPS) is 36.3. The van der Waals surface area contributed by atoms with Crippen LogP contribution in [0.2, 0.25) is 0 Å². The molecule has 0 bridgehead atoms. The molecule has 3 unspecified atom stereocenters. The van der Waals surface area contributed by atoms with E-state index in [1.54, 1.807) is 0 Å². The maximum Gasteiger partial charge on any atom is 0.0159 e. The van der Waals surface area contributed by atoms with Crippen LogP contribution in [-0.2, 0) is 0 Å². The number of rotatable bonds is 4. The van der Waals surface area contributed by atoms with Crippen LogP contribution in [-0.4, -0.2) is 36.6 Å². The number of nitrogens with zero attached hydrogens (tertiary/aromatic N) is 1. The van der Waals surface area contributed by atoms with Crippen LogP contribution in [0.4, 0.5) is 0 Å². The van der Waals surface area contributed by atoms with E-state index in [1.165, 1.54) is 51.6 Å².